The first kappa shape index (κ1) is 12.5. The minimum absolute atomic E-state index is 0.231. The zero-order valence-corrected chi connectivity index (χ0v) is 11.7. The summed E-state index contributed by atoms with van der Waals surface area (Å²) < 4.78 is 0. The third-order valence-electron chi connectivity index (χ3n) is 4.53. The van der Waals surface area contributed by atoms with Gasteiger partial charge in [0, 0.05) is 28.1 Å². The maximum atomic E-state index is 12.8. The number of rotatable bonds is 2. The molecule has 1 N–H and O–H groups in total. The molecule has 1 aliphatic carbocycles. The minimum atomic E-state index is 0.231. The van der Waals surface area contributed by atoms with Gasteiger partial charge in [-0.05, 0) is 31.7 Å². The lowest BCUT2D eigenvalue weighted by molar-refractivity contribution is 0.0877. The average molecular weight is 255 g/mol. The molecule has 1 aliphatic rings. The molecule has 1 fully saturated rings. The summed E-state index contributed by atoms with van der Waals surface area (Å²) in [6.07, 6.45) is 4.49. The Morgan fingerprint density at radius 2 is 1.84 bits per heavy atom. The van der Waals surface area contributed by atoms with E-state index in [0.717, 1.165) is 40.9 Å². The topological polar surface area (TPSA) is 32.9 Å². The number of fused-ring (bicyclic) bond motifs is 1. The highest BCUT2D eigenvalue weighted by atomic mass is 16.1. The summed E-state index contributed by atoms with van der Waals surface area (Å²) in [5.74, 6) is 1.36. The van der Waals surface area contributed by atoms with Crippen molar-refractivity contribution in [3.63, 3.8) is 0 Å². The fourth-order valence-corrected chi connectivity index (χ4v) is 3.32. The first-order valence-corrected chi connectivity index (χ1v) is 7.28. The summed E-state index contributed by atoms with van der Waals surface area (Å²) in [4.78, 5) is 16.1. The summed E-state index contributed by atoms with van der Waals surface area (Å²) in [7, 11) is 0. The monoisotopic (exact) mass is 255 g/mol. The van der Waals surface area contributed by atoms with Crippen LogP contribution in [0.3, 0.4) is 0 Å². The smallest absolute Gasteiger partial charge is 0.168 e. The Labute approximate surface area is 114 Å². The van der Waals surface area contributed by atoms with E-state index in [4.69, 9.17) is 0 Å². The lowest BCUT2D eigenvalue weighted by Crippen LogP contribution is -2.21. The Bertz CT molecular complexity index is 603. The second kappa shape index (κ2) is 4.84. The van der Waals surface area contributed by atoms with Crippen LogP contribution in [0.2, 0.25) is 0 Å². The first-order chi connectivity index (χ1) is 9.16. The fraction of sp³-hybridized carbons (Fsp3) is 0.471. The number of ketones is 1. The number of aromatic nitrogens is 1. The van der Waals surface area contributed by atoms with Crippen molar-refractivity contribution in [2.75, 3.05) is 0 Å². The zero-order chi connectivity index (χ0) is 13.4. The van der Waals surface area contributed by atoms with Crippen LogP contribution in [-0.2, 0) is 0 Å². The van der Waals surface area contributed by atoms with Crippen molar-refractivity contribution in [1.29, 1.82) is 0 Å². The number of hydrogen-bond acceptors (Lipinski definition) is 1. The Morgan fingerprint density at radius 1 is 1.16 bits per heavy atom. The van der Waals surface area contributed by atoms with Crippen LogP contribution in [0.4, 0.5) is 0 Å². The van der Waals surface area contributed by atoms with Gasteiger partial charge in [-0.15, -0.1) is 0 Å². The molecule has 2 nitrogen and oxygen atoms in total. The third-order valence-corrected chi connectivity index (χ3v) is 4.53. The fourth-order valence-electron chi connectivity index (χ4n) is 3.32. The Morgan fingerprint density at radius 3 is 2.58 bits per heavy atom. The standard InChI is InChI=1S/C17H21NO/c1-11-7-9-13(10-8-11)17(19)16-12(2)18-15-6-4-3-5-14(15)16/h3-6,11,13,18H,7-10H2,1-2H3. The summed E-state index contributed by atoms with van der Waals surface area (Å²) in [5.41, 5.74) is 3.02. The molecule has 0 atom stereocenters. The Hall–Kier alpha value is -1.57. The van der Waals surface area contributed by atoms with Crippen LogP contribution in [0.1, 0.15) is 48.7 Å². The van der Waals surface area contributed by atoms with Crippen molar-refractivity contribution >= 4 is 16.7 Å². The second-order valence-corrected chi connectivity index (χ2v) is 5.99. The van der Waals surface area contributed by atoms with E-state index in [1.165, 1.54) is 12.8 Å². The highest BCUT2D eigenvalue weighted by molar-refractivity contribution is 6.10. The number of carbonyl (C=O) groups excluding carboxylic acids is 1. The van der Waals surface area contributed by atoms with E-state index in [-0.39, 0.29) is 5.92 Å². The van der Waals surface area contributed by atoms with Crippen molar-refractivity contribution in [3.8, 4) is 0 Å². The number of aromatic amines is 1. The van der Waals surface area contributed by atoms with E-state index in [9.17, 15) is 4.79 Å². The SMILES string of the molecule is Cc1[nH]c2ccccc2c1C(=O)C1CCC(C)CC1. The molecule has 2 heteroatoms. The van der Waals surface area contributed by atoms with E-state index < -0.39 is 0 Å². The highest BCUT2D eigenvalue weighted by Crippen LogP contribution is 2.33. The van der Waals surface area contributed by atoms with Crippen LogP contribution in [-0.4, -0.2) is 10.8 Å². The Balaban J connectivity index is 1.95. The van der Waals surface area contributed by atoms with Gasteiger partial charge in [-0.1, -0.05) is 38.0 Å². The molecule has 100 valence electrons. The molecule has 0 amide bonds. The first-order valence-electron chi connectivity index (χ1n) is 7.28. The van der Waals surface area contributed by atoms with Crippen molar-refractivity contribution < 1.29 is 4.79 Å². The second-order valence-electron chi connectivity index (χ2n) is 5.99. The molecule has 1 heterocycles. The summed E-state index contributed by atoms with van der Waals surface area (Å²) in [6, 6.07) is 8.11. The number of para-hydroxylation sites is 1. The van der Waals surface area contributed by atoms with Gasteiger partial charge in [0.2, 0.25) is 0 Å². The lowest BCUT2D eigenvalue weighted by atomic mass is 9.79. The molecule has 1 saturated carbocycles. The highest BCUT2D eigenvalue weighted by Gasteiger charge is 2.27. The van der Waals surface area contributed by atoms with Crippen LogP contribution < -0.4 is 0 Å². The molecule has 1 aromatic heterocycles. The van der Waals surface area contributed by atoms with Crippen molar-refractivity contribution in [1.82, 2.24) is 4.98 Å². The predicted molar refractivity (Wildman–Crippen MR) is 78.5 cm³/mol. The molecule has 3 rings (SSSR count). The normalized spacial score (nSPS) is 23.7. The van der Waals surface area contributed by atoms with Crippen LogP contribution in [0.5, 0.6) is 0 Å². The molecule has 0 spiro atoms. The van der Waals surface area contributed by atoms with Gasteiger partial charge in [-0.2, -0.15) is 0 Å². The van der Waals surface area contributed by atoms with Crippen molar-refractivity contribution in [2.24, 2.45) is 11.8 Å². The van der Waals surface area contributed by atoms with Crippen LogP contribution >= 0.6 is 0 Å². The van der Waals surface area contributed by atoms with Gasteiger partial charge in [-0.3, -0.25) is 4.79 Å². The molecule has 2 aromatic rings. The average Bonchev–Trinajstić information content (AvgIpc) is 2.74. The van der Waals surface area contributed by atoms with E-state index in [1.54, 1.807) is 0 Å². The third kappa shape index (κ3) is 2.20. The molecule has 0 aliphatic heterocycles. The number of carbonyl (C=O) groups is 1. The molecule has 0 bridgehead atoms. The molecule has 1 aromatic carbocycles. The molecule has 0 unspecified atom stereocenters. The van der Waals surface area contributed by atoms with E-state index >= 15 is 0 Å². The molecule has 19 heavy (non-hydrogen) atoms. The molecular weight excluding hydrogens is 234 g/mol. The lowest BCUT2D eigenvalue weighted by Gasteiger charge is -2.25. The summed E-state index contributed by atoms with van der Waals surface area (Å²) in [6.45, 7) is 4.30. The molecule has 0 radical (unpaired) electrons. The molecular formula is C17H21NO. The van der Waals surface area contributed by atoms with Gasteiger partial charge in [0.05, 0.1) is 0 Å². The van der Waals surface area contributed by atoms with E-state index in [1.807, 2.05) is 25.1 Å². The van der Waals surface area contributed by atoms with E-state index in [2.05, 4.69) is 18.0 Å². The van der Waals surface area contributed by atoms with Crippen LogP contribution in [0, 0.1) is 18.8 Å². The zero-order valence-electron chi connectivity index (χ0n) is 11.7. The molecule has 0 saturated heterocycles. The maximum Gasteiger partial charge on any atom is 0.168 e. The number of aryl methyl sites for hydroxylation is 1. The predicted octanol–water partition coefficient (Wildman–Crippen LogP) is 4.49. The maximum absolute atomic E-state index is 12.8. The van der Waals surface area contributed by atoms with Gasteiger partial charge < -0.3 is 4.98 Å². The van der Waals surface area contributed by atoms with Gasteiger partial charge in [0.1, 0.15) is 0 Å². The minimum Gasteiger partial charge on any atom is -0.358 e. The number of Topliss-reactive ketones (excluding diaryl/α,β-unsaturated/α-hetero) is 1. The number of H-pyrrole nitrogens is 1. The Kier molecular flexibility index (Phi) is 3.17. The largest absolute Gasteiger partial charge is 0.358 e. The van der Waals surface area contributed by atoms with Gasteiger partial charge in [0.15, 0.2) is 5.78 Å². The number of nitrogens with one attached hydrogen (secondary N) is 1. The summed E-state index contributed by atoms with van der Waals surface area (Å²) in [5, 5.41) is 1.09. The number of benzene rings is 1. The van der Waals surface area contributed by atoms with Crippen LogP contribution in [0.15, 0.2) is 24.3 Å². The van der Waals surface area contributed by atoms with Crippen molar-refractivity contribution in [2.45, 2.75) is 39.5 Å². The number of hydrogen-bond donors (Lipinski definition) is 1. The summed E-state index contributed by atoms with van der Waals surface area (Å²) >= 11 is 0. The van der Waals surface area contributed by atoms with Crippen molar-refractivity contribution in [3.05, 3.63) is 35.5 Å². The van der Waals surface area contributed by atoms with E-state index in [0.29, 0.717) is 5.78 Å². The quantitative estimate of drug-likeness (QED) is 0.788. The van der Waals surface area contributed by atoms with Crippen LogP contribution in [0.25, 0.3) is 10.9 Å². The van der Waals surface area contributed by atoms with Gasteiger partial charge in [-0.25, -0.2) is 0 Å². The van der Waals surface area contributed by atoms with Gasteiger partial charge >= 0.3 is 0 Å². The van der Waals surface area contributed by atoms with Gasteiger partial charge in [0.25, 0.3) is 0 Å².